The van der Waals surface area contributed by atoms with Gasteiger partial charge in [0.2, 0.25) is 5.28 Å². The summed E-state index contributed by atoms with van der Waals surface area (Å²) in [6.45, 7) is 3.78. The molecule has 0 saturated carbocycles. The summed E-state index contributed by atoms with van der Waals surface area (Å²) in [7, 11) is 0. The molecular formula is C21H18Cl2N4S. The minimum absolute atomic E-state index is 0.273. The molecule has 4 rings (SSSR count). The number of aromatic nitrogens is 3. The molecule has 142 valence electrons. The van der Waals surface area contributed by atoms with Crippen molar-refractivity contribution in [3.63, 3.8) is 0 Å². The number of rotatable bonds is 6. The lowest BCUT2D eigenvalue weighted by atomic mass is 10.1. The van der Waals surface area contributed by atoms with Gasteiger partial charge in [0, 0.05) is 41.4 Å². The van der Waals surface area contributed by atoms with E-state index in [4.69, 9.17) is 23.2 Å². The first-order valence-corrected chi connectivity index (χ1v) is 10.6. The summed E-state index contributed by atoms with van der Waals surface area (Å²) in [5, 5.41) is 4.14. The van der Waals surface area contributed by atoms with Crippen LogP contribution in [0.5, 0.6) is 0 Å². The smallest absolute Gasteiger partial charge is 0.225 e. The second-order valence-corrected chi connectivity index (χ2v) is 7.97. The lowest BCUT2D eigenvalue weighted by Gasteiger charge is -2.23. The van der Waals surface area contributed by atoms with Crippen molar-refractivity contribution in [1.29, 1.82) is 0 Å². The Hall–Kier alpha value is -2.21. The number of anilines is 1. The average molecular weight is 429 g/mol. The van der Waals surface area contributed by atoms with Gasteiger partial charge in [0.15, 0.2) is 0 Å². The van der Waals surface area contributed by atoms with Gasteiger partial charge in [-0.05, 0) is 60.3 Å². The van der Waals surface area contributed by atoms with Crippen molar-refractivity contribution in [2.45, 2.75) is 13.3 Å². The Balaban J connectivity index is 1.75. The van der Waals surface area contributed by atoms with Crippen molar-refractivity contribution >= 4 is 50.6 Å². The molecule has 0 aliphatic carbocycles. The molecule has 0 radical (unpaired) electrons. The molecule has 0 fully saturated rings. The van der Waals surface area contributed by atoms with Crippen LogP contribution in [0.2, 0.25) is 10.3 Å². The zero-order chi connectivity index (χ0) is 19.5. The van der Waals surface area contributed by atoms with Crippen LogP contribution in [0.15, 0.2) is 54.2 Å². The first-order chi connectivity index (χ1) is 13.7. The van der Waals surface area contributed by atoms with Crippen molar-refractivity contribution < 1.29 is 0 Å². The zero-order valence-corrected chi connectivity index (χ0v) is 17.6. The molecule has 0 spiro atoms. The van der Waals surface area contributed by atoms with Gasteiger partial charge in [-0.25, -0.2) is 4.98 Å². The van der Waals surface area contributed by atoms with Gasteiger partial charge in [0.1, 0.15) is 10.6 Å². The maximum atomic E-state index is 6.25. The van der Waals surface area contributed by atoms with Crippen LogP contribution < -0.4 is 4.90 Å². The van der Waals surface area contributed by atoms with Gasteiger partial charge >= 0.3 is 0 Å². The average Bonchev–Trinajstić information content (AvgIpc) is 3.13. The van der Waals surface area contributed by atoms with Gasteiger partial charge < -0.3 is 4.90 Å². The number of nitrogens with zero attached hydrogens (tertiary/aromatic N) is 4. The van der Waals surface area contributed by atoms with Crippen LogP contribution in [0, 0.1) is 0 Å². The standard InChI is InChI=1S/C21H18Cl2N4S/c1-2-27(12-9-14-7-10-24-11-8-14)19-18-17(15-3-5-16(22)6-4-15)13-28-20(18)26-21(23)25-19/h3-8,10-11,13H,2,9,12H2,1H3. The number of likely N-dealkylation sites (N-methyl/N-ethyl adjacent to an activating group) is 1. The van der Waals surface area contributed by atoms with Gasteiger partial charge in [-0.3, -0.25) is 4.98 Å². The molecule has 0 unspecified atom stereocenters. The number of fused-ring (bicyclic) bond motifs is 1. The summed E-state index contributed by atoms with van der Waals surface area (Å²) in [4.78, 5) is 16.3. The van der Waals surface area contributed by atoms with Gasteiger partial charge in [-0.1, -0.05) is 23.7 Å². The molecule has 0 aliphatic heterocycles. The molecule has 0 amide bonds. The number of halogens is 2. The molecule has 0 bridgehead atoms. The molecule has 3 aromatic heterocycles. The number of pyridine rings is 1. The number of hydrogen-bond donors (Lipinski definition) is 0. The van der Waals surface area contributed by atoms with Crippen molar-refractivity contribution in [3.05, 3.63) is 70.0 Å². The number of hydrogen-bond acceptors (Lipinski definition) is 5. The molecule has 4 aromatic rings. The fourth-order valence-corrected chi connectivity index (χ4v) is 4.48. The largest absolute Gasteiger partial charge is 0.356 e. The maximum Gasteiger partial charge on any atom is 0.225 e. The van der Waals surface area contributed by atoms with Gasteiger partial charge in [0.05, 0.1) is 5.39 Å². The molecule has 0 atom stereocenters. The van der Waals surface area contributed by atoms with Crippen molar-refractivity contribution in [2.24, 2.45) is 0 Å². The second kappa shape index (κ2) is 8.43. The van der Waals surface area contributed by atoms with E-state index in [1.807, 2.05) is 48.8 Å². The first-order valence-electron chi connectivity index (χ1n) is 9.00. The fourth-order valence-electron chi connectivity index (χ4n) is 3.20. The van der Waals surface area contributed by atoms with Crippen molar-refractivity contribution in [2.75, 3.05) is 18.0 Å². The molecule has 0 N–H and O–H groups in total. The van der Waals surface area contributed by atoms with E-state index in [0.717, 1.165) is 51.7 Å². The van der Waals surface area contributed by atoms with Crippen molar-refractivity contribution in [3.8, 4) is 11.1 Å². The topological polar surface area (TPSA) is 41.9 Å². The SMILES string of the molecule is CCN(CCc1ccncc1)c1nc(Cl)nc2scc(-c3ccc(Cl)cc3)c12. The molecule has 0 saturated heterocycles. The maximum absolute atomic E-state index is 6.25. The third-order valence-electron chi connectivity index (χ3n) is 4.64. The lowest BCUT2D eigenvalue weighted by Crippen LogP contribution is -2.26. The van der Waals surface area contributed by atoms with Crippen LogP contribution >= 0.6 is 34.5 Å². The van der Waals surface area contributed by atoms with E-state index < -0.39 is 0 Å². The van der Waals surface area contributed by atoms with Crippen LogP contribution in [0.4, 0.5) is 5.82 Å². The third-order valence-corrected chi connectivity index (χ3v) is 5.94. The Bertz CT molecular complexity index is 1080. The molecule has 3 heterocycles. The molecule has 4 nitrogen and oxygen atoms in total. The summed E-state index contributed by atoms with van der Waals surface area (Å²) in [6.07, 6.45) is 4.55. The molecular weight excluding hydrogens is 411 g/mol. The van der Waals surface area contributed by atoms with Crippen LogP contribution in [0.3, 0.4) is 0 Å². The number of thiophene rings is 1. The predicted octanol–water partition coefficient (Wildman–Crippen LogP) is 6.13. The van der Waals surface area contributed by atoms with Crippen LogP contribution in [0.1, 0.15) is 12.5 Å². The molecule has 7 heteroatoms. The minimum atomic E-state index is 0.273. The molecule has 1 aromatic carbocycles. The molecule has 28 heavy (non-hydrogen) atoms. The highest BCUT2D eigenvalue weighted by Crippen LogP contribution is 2.39. The minimum Gasteiger partial charge on any atom is -0.356 e. The zero-order valence-electron chi connectivity index (χ0n) is 15.3. The van der Waals surface area contributed by atoms with E-state index in [1.54, 1.807) is 11.3 Å². The Morgan fingerprint density at radius 1 is 1.00 bits per heavy atom. The summed E-state index contributed by atoms with van der Waals surface area (Å²) < 4.78 is 0. The summed E-state index contributed by atoms with van der Waals surface area (Å²) in [5.74, 6) is 0.873. The Morgan fingerprint density at radius 2 is 1.75 bits per heavy atom. The van der Waals surface area contributed by atoms with E-state index in [0.29, 0.717) is 0 Å². The highest BCUT2D eigenvalue weighted by atomic mass is 35.5. The highest BCUT2D eigenvalue weighted by Gasteiger charge is 2.19. The quantitative estimate of drug-likeness (QED) is 0.346. The van der Waals surface area contributed by atoms with Gasteiger partial charge in [0.25, 0.3) is 0 Å². The van der Waals surface area contributed by atoms with E-state index >= 15 is 0 Å². The monoisotopic (exact) mass is 428 g/mol. The first kappa shape index (κ1) is 19.1. The number of benzene rings is 1. The predicted molar refractivity (Wildman–Crippen MR) is 119 cm³/mol. The van der Waals surface area contributed by atoms with E-state index in [2.05, 4.69) is 32.2 Å². The van der Waals surface area contributed by atoms with Crippen LogP contribution in [-0.4, -0.2) is 28.0 Å². The third kappa shape index (κ3) is 3.97. The van der Waals surface area contributed by atoms with E-state index in [9.17, 15) is 0 Å². The van der Waals surface area contributed by atoms with E-state index in [-0.39, 0.29) is 5.28 Å². The van der Waals surface area contributed by atoms with Crippen LogP contribution in [0.25, 0.3) is 21.3 Å². The van der Waals surface area contributed by atoms with Gasteiger partial charge in [-0.2, -0.15) is 4.98 Å². The fraction of sp³-hybridized carbons (Fsp3) is 0.190. The molecule has 0 aliphatic rings. The van der Waals surface area contributed by atoms with Crippen molar-refractivity contribution in [1.82, 2.24) is 15.0 Å². The Morgan fingerprint density at radius 3 is 2.46 bits per heavy atom. The highest BCUT2D eigenvalue weighted by molar-refractivity contribution is 7.17. The van der Waals surface area contributed by atoms with E-state index in [1.165, 1.54) is 5.56 Å². The Kier molecular flexibility index (Phi) is 5.76. The Labute approximate surface area is 177 Å². The summed E-state index contributed by atoms with van der Waals surface area (Å²) in [6, 6.07) is 11.9. The summed E-state index contributed by atoms with van der Waals surface area (Å²) in [5.41, 5.74) is 3.44. The normalized spacial score (nSPS) is 11.1. The van der Waals surface area contributed by atoms with Crippen LogP contribution in [-0.2, 0) is 6.42 Å². The lowest BCUT2D eigenvalue weighted by molar-refractivity contribution is 0.796. The summed E-state index contributed by atoms with van der Waals surface area (Å²) >= 11 is 13.9. The van der Waals surface area contributed by atoms with Gasteiger partial charge in [-0.15, -0.1) is 11.3 Å². The second-order valence-electron chi connectivity index (χ2n) is 6.34.